The molecule has 6 heterocycles. The molecule has 0 bridgehead atoms. The minimum atomic E-state index is -4.47. The van der Waals surface area contributed by atoms with Gasteiger partial charge in [0, 0.05) is 80.6 Å². The van der Waals surface area contributed by atoms with Gasteiger partial charge in [-0.15, -0.1) is 0 Å². The van der Waals surface area contributed by atoms with E-state index in [4.69, 9.17) is 9.52 Å². The number of amides is 2. The zero-order valence-corrected chi connectivity index (χ0v) is 38.1. The van der Waals surface area contributed by atoms with Gasteiger partial charge in [-0.2, -0.15) is 28.4 Å². The number of pyridine rings is 1. The first-order chi connectivity index (χ1) is 32.3. The SMILES string of the molecule is Cc1ccc(-c2cnn(CCC3CCCN(C(=O)c4cc(C)ccc4-c4cnn(C)c4)C3CNc3nc4ccccc4o3)c2)c(C(=O)N2CCCC(C)C2CNc2ccc(C(F)(F)F)cn2)c1. The summed E-state index contributed by atoms with van der Waals surface area (Å²) >= 11 is 0. The lowest BCUT2D eigenvalue weighted by molar-refractivity contribution is -0.137. The lowest BCUT2D eigenvalue weighted by atomic mass is 9.85. The Kier molecular flexibility index (Phi) is 12.9. The van der Waals surface area contributed by atoms with Crippen LogP contribution in [0.2, 0.25) is 0 Å². The number of halogens is 3. The molecule has 348 valence electrons. The lowest BCUT2D eigenvalue weighted by Gasteiger charge is -2.42. The van der Waals surface area contributed by atoms with E-state index in [9.17, 15) is 22.8 Å². The summed E-state index contributed by atoms with van der Waals surface area (Å²) in [7, 11) is 1.87. The van der Waals surface area contributed by atoms with Gasteiger partial charge in [0.05, 0.1) is 30.0 Å². The molecule has 4 unspecified atom stereocenters. The predicted molar refractivity (Wildman–Crippen MR) is 251 cm³/mol. The number of piperidine rings is 2. The summed E-state index contributed by atoms with van der Waals surface area (Å²) in [5, 5.41) is 15.8. The molecule has 4 aromatic heterocycles. The van der Waals surface area contributed by atoms with Crippen LogP contribution in [0.15, 0.2) is 108 Å². The monoisotopic (exact) mass is 912 g/mol. The molecule has 2 fully saturated rings. The summed E-state index contributed by atoms with van der Waals surface area (Å²) in [6.07, 6.45) is 8.11. The molecule has 0 radical (unpaired) electrons. The van der Waals surface area contributed by atoms with E-state index in [0.29, 0.717) is 61.3 Å². The van der Waals surface area contributed by atoms with Crippen LogP contribution in [0.25, 0.3) is 33.4 Å². The zero-order chi connectivity index (χ0) is 46.8. The van der Waals surface area contributed by atoms with Gasteiger partial charge < -0.3 is 24.9 Å². The van der Waals surface area contributed by atoms with E-state index in [1.54, 1.807) is 17.1 Å². The highest BCUT2D eigenvalue weighted by Crippen LogP contribution is 2.35. The van der Waals surface area contributed by atoms with E-state index in [1.165, 1.54) is 6.07 Å². The van der Waals surface area contributed by atoms with Crippen molar-refractivity contribution in [2.75, 3.05) is 36.8 Å². The number of aryl methyl sites for hydroxylation is 4. The van der Waals surface area contributed by atoms with Gasteiger partial charge in [0.25, 0.3) is 17.8 Å². The second kappa shape index (κ2) is 19.1. The maximum absolute atomic E-state index is 14.8. The number of aromatic nitrogens is 6. The minimum Gasteiger partial charge on any atom is -0.424 e. The first-order valence-corrected chi connectivity index (χ1v) is 23.0. The highest BCUT2D eigenvalue weighted by atomic mass is 19.4. The van der Waals surface area contributed by atoms with Crippen molar-refractivity contribution >= 4 is 34.7 Å². The topological polar surface area (TPSA) is 139 Å². The third kappa shape index (κ3) is 9.93. The van der Waals surface area contributed by atoms with E-state index in [2.05, 4.69) is 32.6 Å². The molecule has 0 spiro atoms. The number of para-hydroxylation sites is 2. The fraction of sp³-hybridized carbons (Fsp3) is 0.373. The quantitative estimate of drug-likeness (QED) is 0.116. The van der Waals surface area contributed by atoms with Crippen LogP contribution in [0.5, 0.6) is 0 Å². The number of likely N-dealkylation sites (tertiary alicyclic amines) is 2. The van der Waals surface area contributed by atoms with Gasteiger partial charge >= 0.3 is 6.18 Å². The summed E-state index contributed by atoms with van der Waals surface area (Å²) in [5.74, 6) is 0.436. The first-order valence-electron chi connectivity index (χ1n) is 23.0. The van der Waals surface area contributed by atoms with Crippen LogP contribution in [0, 0.1) is 25.7 Å². The van der Waals surface area contributed by atoms with Crippen molar-refractivity contribution in [2.24, 2.45) is 18.9 Å². The Balaban J connectivity index is 0.938. The molecule has 2 saturated heterocycles. The minimum absolute atomic E-state index is 0.0352. The Labute approximate surface area is 387 Å². The van der Waals surface area contributed by atoms with Crippen LogP contribution in [-0.4, -0.2) is 89.4 Å². The molecular weight excluding hydrogens is 858 g/mol. The molecule has 4 atom stereocenters. The number of nitrogens with one attached hydrogen (secondary N) is 2. The van der Waals surface area contributed by atoms with Gasteiger partial charge in [0.2, 0.25) is 0 Å². The number of anilines is 2. The van der Waals surface area contributed by atoms with Crippen LogP contribution in [0.3, 0.4) is 0 Å². The number of hydrogen-bond donors (Lipinski definition) is 2. The summed E-state index contributed by atoms with van der Waals surface area (Å²) < 4.78 is 49.3. The van der Waals surface area contributed by atoms with Crippen LogP contribution in [-0.2, 0) is 19.8 Å². The molecule has 2 aliphatic rings. The van der Waals surface area contributed by atoms with E-state index in [-0.39, 0.29) is 35.7 Å². The van der Waals surface area contributed by atoms with Crippen molar-refractivity contribution in [3.63, 3.8) is 0 Å². The Hall–Kier alpha value is -6.97. The first kappa shape index (κ1) is 45.2. The van der Waals surface area contributed by atoms with Crippen molar-refractivity contribution in [3.05, 3.63) is 132 Å². The smallest absolute Gasteiger partial charge is 0.417 e. The van der Waals surface area contributed by atoms with E-state index in [0.717, 1.165) is 83.3 Å². The zero-order valence-electron chi connectivity index (χ0n) is 38.1. The van der Waals surface area contributed by atoms with Crippen molar-refractivity contribution in [1.29, 1.82) is 0 Å². The van der Waals surface area contributed by atoms with E-state index < -0.39 is 11.7 Å². The third-order valence-electron chi connectivity index (χ3n) is 13.4. The van der Waals surface area contributed by atoms with Crippen LogP contribution >= 0.6 is 0 Å². The second-order valence-electron chi connectivity index (χ2n) is 18.1. The number of carbonyl (C=O) groups excluding carboxylic acids is 2. The maximum atomic E-state index is 14.8. The standard InChI is InChI=1S/C51H55F3N10O3/c1-32-13-16-39(36-25-58-61(4)30-36)41(23-32)49(66)64-21-8-10-35(45(64)29-57-50-60-43-11-5-6-12-46(43)67-50)19-22-62-31-37(26-59-62)40-17-14-33(2)24-42(40)48(65)63-20-7-9-34(3)44(63)28-56-47-18-15-38(27-55-47)51(52,53)54/h5-6,11-18,23-27,30-31,34-35,44-45H,7-10,19-22,28-29H2,1-4H3,(H,55,56)(H,57,60). The molecule has 0 aliphatic carbocycles. The van der Waals surface area contributed by atoms with Crippen LogP contribution in [0.1, 0.15) is 76.4 Å². The predicted octanol–water partition coefficient (Wildman–Crippen LogP) is 9.90. The normalized spacial score (nSPS) is 18.9. The fourth-order valence-corrected chi connectivity index (χ4v) is 9.80. The summed E-state index contributed by atoms with van der Waals surface area (Å²) in [6.45, 7) is 8.59. The molecular formula is C51H55F3N10O3. The molecule has 3 aromatic carbocycles. The molecule has 2 amide bonds. The van der Waals surface area contributed by atoms with Crippen molar-refractivity contribution < 1.29 is 27.2 Å². The molecule has 16 heteroatoms. The molecule has 9 rings (SSSR count). The van der Waals surface area contributed by atoms with E-state index in [1.807, 2.05) is 108 Å². The summed E-state index contributed by atoms with van der Waals surface area (Å²) in [5.41, 5.74) is 7.08. The molecule has 7 aromatic rings. The third-order valence-corrected chi connectivity index (χ3v) is 13.4. The van der Waals surface area contributed by atoms with Crippen molar-refractivity contribution in [1.82, 2.24) is 39.3 Å². The Morgan fingerprint density at radius 1 is 0.776 bits per heavy atom. The van der Waals surface area contributed by atoms with Crippen LogP contribution in [0.4, 0.5) is 25.0 Å². The second-order valence-corrected chi connectivity index (χ2v) is 18.1. The average molecular weight is 913 g/mol. The molecule has 67 heavy (non-hydrogen) atoms. The van der Waals surface area contributed by atoms with Crippen molar-refractivity contribution in [3.8, 4) is 22.3 Å². The van der Waals surface area contributed by atoms with Crippen LogP contribution < -0.4 is 10.6 Å². The number of oxazole rings is 1. The average Bonchev–Trinajstić information content (AvgIpc) is 4.09. The molecule has 2 N–H and O–H groups in total. The summed E-state index contributed by atoms with van der Waals surface area (Å²) in [4.78, 5) is 42.1. The molecule has 13 nitrogen and oxygen atoms in total. The number of alkyl halides is 3. The number of fused-ring (bicyclic) bond motifs is 1. The Morgan fingerprint density at radius 2 is 1.43 bits per heavy atom. The van der Waals surface area contributed by atoms with Gasteiger partial charge in [-0.1, -0.05) is 54.4 Å². The van der Waals surface area contributed by atoms with E-state index >= 15 is 0 Å². The van der Waals surface area contributed by atoms with Gasteiger partial charge in [-0.25, -0.2) is 4.98 Å². The lowest BCUT2D eigenvalue weighted by Crippen LogP contribution is -2.52. The highest BCUT2D eigenvalue weighted by molar-refractivity contribution is 6.02. The van der Waals surface area contributed by atoms with Gasteiger partial charge in [-0.05, 0) is 105 Å². The van der Waals surface area contributed by atoms with Gasteiger partial charge in [-0.3, -0.25) is 19.0 Å². The number of rotatable bonds is 13. The van der Waals surface area contributed by atoms with Gasteiger partial charge in [0.1, 0.15) is 11.3 Å². The summed E-state index contributed by atoms with van der Waals surface area (Å²) in [6, 6.07) is 21.8. The number of nitrogens with zero attached hydrogens (tertiary/aromatic N) is 8. The number of benzene rings is 3. The maximum Gasteiger partial charge on any atom is 0.417 e. The van der Waals surface area contributed by atoms with Gasteiger partial charge in [0.15, 0.2) is 5.58 Å². The number of carbonyl (C=O) groups is 2. The fourth-order valence-electron chi connectivity index (χ4n) is 9.80. The molecule has 0 saturated carbocycles. The number of hydrogen-bond acceptors (Lipinski definition) is 9. The molecule has 2 aliphatic heterocycles. The highest BCUT2D eigenvalue weighted by Gasteiger charge is 2.37. The largest absolute Gasteiger partial charge is 0.424 e. The Morgan fingerprint density at radius 3 is 2.09 bits per heavy atom. The Bertz CT molecular complexity index is 2840. The van der Waals surface area contributed by atoms with Crippen molar-refractivity contribution in [2.45, 2.75) is 77.7 Å².